The summed E-state index contributed by atoms with van der Waals surface area (Å²) < 4.78 is 5.65. The van der Waals surface area contributed by atoms with Crippen LogP contribution in [0.4, 0.5) is 0 Å². The van der Waals surface area contributed by atoms with E-state index < -0.39 is 0 Å². The van der Waals surface area contributed by atoms with Crippen LogP contribution in [0.3, 0.4) is 0 Å². The zero-order valence-electron chi connectivity index (χ0n) is 9.75. The van der Waals surface area contributed by atoms with Gasteiger partial charge in [0, 0.05) is 18.7 Å². The van der Waals surface area contributed by atoms with E-state index in [1.807, 2.05) is 6.92 Å². The predicted octanol–water partition coefficient (Wildman–Crippen LogP) is 0.884. The summed E-state index contributed by atoms with van der Waals surface area (Å²) in [5.74, 6) is 2.70. The minimum atomic E-state index is -0.0231. The van der Waals surface area contributed by atoms with Gasteiger partial charge in [0.1, 0.15) is 0 Å². The first-order valence-electron chi connectivity index (χ1n) is 5.71. The van der Waals surface area contributed by atoms with Crippen LogP contribution in [-0.4, -0.2) is 30.8 Å². The van der Waals surface area contributed by atoms with Crippen molar-refractivity contribution in [1.82, 2.24) is 5.32 Å². The first-order valence-corrected chi connectivity index (χ1v) is 5.71. The molecule has 0 aromatic rings. The van der Waals surface area contributed by atoms with E-state index in [9.17, 15) is 0 Å². The molecule has 3 unspecified atom stereocenters. The molecule has 1 aliphatic heterocycles. The van der Waals surface area contributed by atoms with Crippen LogP contribution in [0.15, 0.2) is 0 Å². The Morgan fingerprint density at radius 3 is 3.00 bits per heavy atom. The van der Waals surface area contributed by atoms with Crippen molar-refractivity contribution in [2.75, 3.05) is 13.2 Å². The Kier molecular flexibility index (Phi) is 4.59. The van der Waals surface area contributed by atoms with E-state index in [0.717, 1.165) is 25.9 Å². The molecule has 3 heteroatoms. The van der Waals surface area contributed by atoms with Gasteiger partial charge in [0.25, 0.3) is 0 Å². The molecule has 86 valence electrons. The molecular formula is C12H22N2O. The molecule has 0 aliphatic carbocycles. The van der Waals surface area contributed by atoms with E-state index in [4.69, 9.17) is 16.9 Å². The topological polar surface area (TPSA) is 47.3 Å². The number of ether oxygens (including phenoxy) is 1. The summed E-state index contributed by atoms with van der Waals surface area (Å²) in [5.41, 5.74) is 5.85. The highest BCUT2D eigenvalue weighted by molar-refractivity contribution is 5.03. The van der Waals surface area contributed by atoms with Gasteiger partial charge in [-0.2, -0.15) is 0 Å². The molecule has 0 radical (unpaired) electrons. The Bertz CT molecular complexity index is 236. The summed E-state index contributed by atoms with van der Waals surface area (Å²) in [6.45, 7) is 5.54. The molecule has 1 heterocycles. The summed E-state index contributed by atoms with van der Waals surface area (Å²) in [6.07, 6.45) is 8.65. The lowest BCUT2D eigenvalue weighted by atomic mass is 9.85. The number of nitrogens with one attached hydrogen (secondary N) is 1. The third kappa shape index (κ3) is 3.20. The van der Waals surface area contributed by atoms with Gasteiger partial charge < -0.3 is 10.5 Å². The number of rotatable bonds is 4. The van der Waals surface area contributed by atoms with E-state index in [2.05, 4.69) is 18.2 Å². The molecule has 0 aromatic heterocycles. The van der Waals surface area contributed by atoms with Gasteiger partial charge in [0.05, 0.1) is 12.1 Å². The fourth-order valence-electron chi connectivity index (χ4n) is 2.16. The number of hydrogen-bond acceptors (Lipinski definition) is 3. The Labute approximate surface area is 92.8 Å². The van der Waals surface area contributed by atoms with Crippen LogP contribution in [0.1, 0.15) is 33.1 Å². The smallest absolute Gasteiger partial charge is 0.0663 e. The zero-order valence-corrected chi connectivity index (χ0v) is 9.75. The van der Waals surface area contributed by atoms with Crippen molar-refractivity contribution in [3.8, 4) is 12.3 Å². The third-order valence-electron chi connectivity index (χ3n) is 3.17. The number of hydrogen-bond donors (Lipinski definition) is 2. The van der Waals surface area contributed by atoms with Crippen LogP contribution in [0.25, 0.3) is 0 Å². The van der Waals surface area contributed by atoms with Crippen molar-refractivity contribution in [3.63, 3.8) is 0 Å². The van der Waals surface area contributed by atoms with Crippen LogP contribution in [0.5, 0.6) is 0 Å². The lowest BCUT2D eigenvalue weighted by Gasteiger charge is -2.41. The first kappa shape index (κ1) is 12.5. The minimum Gasteiger partial charge on any atom is -0.378 e. The van der Waals surface area contributed by atoms with Crippen LogP contribution in [-0.2, 0) is 4.74 Å². The fraction of sp³-hybridized carbons (Fsp3) is 0.833. The molecule has 0 spiro atoms. The maximum atomic E-state index is 5.87. The Morgan fingerprint density at radius 2 is 2.47 bits per heavy atom. The second kappa shape index (κ2) is 5.50. The Morgan fingerprint density at radius 1 is 1.73 bits per heavy atom. The monoisotopic (exact) mass is 210 g/mol. The third-order valence-corrected chi connectivity index (χ3v) is 3.17. The van der Waals surface area contributed by atoms with Gasteiger partial charge in [0.15, 0.2) is 0 Å². The minimum absolute atomic E-state index is 0.0231. The quantitative estimate of drug-likeness (QED) is 0.677. The molecule has 1 saturated heterocycles. The van der Waals surface area contributed by atoms with Crippen LogP contribution >= 0.6 is 0 Å². The molecule has 1 aliphatic rings. The summed E-state index contributed by atoms with van der Waals surface area (Å²) in [5, 5.41) is 3.45. The van der Waals surface area contributed by atoms with E-state index in [-0.39, 0.29) is 11.6 Å². The highest BCUT2D eigenvalue weighted by atomic mass is 16.5. The van der Waals surface area contributed by atoms with E-state index in [1.54, 1.807) is 0 Å². The average Bonchev–Trinajstić information content (AvgIpc) is 2.29. The van der Waals surface area contributed by atoms with Gasteiger partial charge in [-0.3, -0.25) is 5.32 Å². The molecular weight excluding hydrogens is 188 g/mol. The maximum absolute atomic E-state index is 5.87. The van der Waals surface area contributed by atoms with Crippen LogP contribution in [0.2, 0.25) is 0 Å². The number of terminal acetylenes is 1. The summed E-state index contributed by atoms with van der Waals surface area (Å²) >= 11 is 0. The highest BCUT2D eigenvalue weighted by Gasteiger charge is 2.35. The molecule has 0 bridgehead atoms. The lowest BCUT2D eigenvalue weighted by molar-refractivity contribution is -0.0290. The molecule has 15 heavy (non-hydrogen) atoms. The van der Waals surface area contributed by atoms with Gasteiger partial charge in [0.2, 0.25) is 0 Å². The predicted molar refractivity (Wildman–Crippen MR) is 62.5 cm³/mol. The maximum Gasteiger partial charge on any atom is 0.0663 e. The largest absolute Gasteiger partial charge is 0.378 e. The SMILES string of the molecule is C#CC(C)NC1(CN)CCOC(CC)C1. The zero-order chi connectivity index (χ0) is 11.3. The van der Waals surface area contributed by atoms with Gasteiger partial charge >= 0.3 is 0 Å². The van der Waals surface area contributed by atoms with E-state index in [0.29, 0.717) is 12.6 Å². The summed E-state index contributed by atoms with van der Waals surface area (Å²) in [6, 6.07) is 0.0733. The molecule has 0 saturated carbocycles. The molecule has 3 N–H and O–H groups in total. The first-order chi connectivity index (χ1) is 7.15. The van der Waals surface area contributed by atoms with Gasteiger partial charge in [-0.15, -0.1) is 6.42 Å². The summed E-state index contributed by atoms with van der Waals surface area (Å²) in [7, 11) is 0. The van der Waals surface area contributed by atoms with Crippen molar-refractivity contribution in [2.24, 2.45) is 5.73 Å². The van der Waals surface area contributed by atoms with Crippen molar-refractivity contribution in [3.05, 3.63) is 0 Å². The second-order valence-electron chi connectivity index (χ2n) is 4.37. The fourth-order valence-corrected chi connectivity index (χ4v) is 2.16. The van der Waals surface area contributed by atoms with Crippen molar-refractivity contribution >= 4 is 0 Å². The average molecular weight is 210 g/mol. The van der Waals surface area contributed by atoms with Crippen LogP contribution < -0.4 is 11.1 Å². The normalized spacial score (nSPS) is 33.3. The van der Waals surface area contributed by atoms with Crippen molar-refractivity contribution in [2.45, 2.75) is 50.8 Å². The Hall–Kier alpha value is -0.560. The standard InChI is InChI=1S/C12H22N2O/c1-4-10(3)14-12(9-13)6-7-15-11(5-2)8-12/h1,10-11,14H,5-9,13H2,2-3H3. The molecule has 1 fully saturated rings. The Balaban J connectivity index is 2.62. The summed E-state index contributed by atoms with van der Waals surface area (Å²) in [4.78, 5) is 0. The molecule has 1 rings (SSSR count). The number of nitrogens with two attached hydrogens (primary N) is 1. The van der Waals surface area contributed by atoms with Crippen molar-refractivity contribution in [1.29, 1.82) is 0 Å². The molecule has 3 nitrogen and oxygen atoms in total. The lowest BCUT2D eigenvalue weighted by Crippen LogP contribution is -2.58. The van der Waals surface area contributed by atoms with Gasteiger partial charge in [-0.25, -0.2) is 0 Å². The van der Waals surface area contributed by atoms with Crippen LogP contribution in [0, 0.1) is 12.3 Å². The van der Waals surface area contributed by atoms with E-state index in [1.165, 1.54) is 0 Å². The van der Waals surface area contributed by atoms with Crippen molar-refractivity contribution < 1.29 is 4.74 Å². The molecule has 0 amide bonds. The van der Waals surface area contributed by atoms with Gasteiger partial charge in [-0.1, -0.05) is 12.8 Å². The van der Waals surface area contributed by atoms with E-state index >= 15 is 0 Å². The second-order valence-corrected chi connectivity index (χ2v) is 4.37. The highest BCUT2D eigenvalue weighted by Crippen LogP contribution is 2.26. The molecule has 0 aromatic carbocycles. The molecule has 3 atom stereocenters. The van der Waals surface area contributed by atoms with Gasteiger partial charge in [-0.05, 0) is 26.2 Å².